The second-order valence-electron chi connectivity index (χ2n) is 8.97. The SMILES string of the molecule is CCc1nc2c(N)ncc(-c3cnn(-c4cc(C)n(C)c(=O)c4)c3)c2nc1N[C@@H]1CC[C@H](N)C1. The van der Waals surface area contributed by atoms with Crippen molar-refractivity contribution >= 4 is 22.7 Å². The maximum absolute atomic E-state index is 12.2. The molecule has 1 aliphatic carbocycles. The summed E-state index contributed by atoms with van der Waals surface area (Å²) in [5.74, 6) is 1.10. The Labute approximate surface area is 197 Å². The van der Waals surface area contributed by atoms with Crippen LogP contribution in [-0.2, 0) is 13.5 Å². The Bertz CT molecular complexity index is 1440. The number of nitrogens with zero attached hydrogens (tertiary/aromatic N) is 6. The summed E-state index contributed by atoms with van der Waals surface area (Å²) in [7, 11) is 1.75. The monoisotopic (exact) mass is 459 g/mol. The van der Waals surface area contributed by atoms with Gasteiger partial charge in [0.1, 0.15) is 16.9 Å². The molecule has 4 aromatic heterocycles. The molecule has 0 radical (unpaired) electrons. The van der Waals surface area contributed by atoms with Gasteiger partial charge in [-0.2, -0.15) is 5.10 Å². The third-order valence-electron chi connectivity index (χ3n) is 6.59. The van der Waals surface area contributed by atoms with Gasteiger partial charge in [0, 0.05) is 54.4 Å². The highest BCUT2D eigenvalue weighted by Crippen LogP contribution is 2.31. The minimum absolute atomic E-state index is 0.0908. The first-order valence-electron chi connectivity index (χ1n) is 11.5. The first-order chi connectivity index (χ1) is 16.3. The largest absolute Gasteiger partial charge is 0.382 e. The van der Waals surface area contributed by atoms with E-state index in [1.54, 1.807) is 34.8 Å². The van der Waals surface area contributed by atoms with Crippen molar-refractivity contribution in [3.63, 3.8) is 0 Å². The van der Waals surface area contributed by atoms with E-state index in [1.165, 1.54) is 0 Å². The number of anilines is 2. The number of hydrogen-bond acceptors (Lipinski definition) is 8. The predicted molar refractivity (Wildman–Crippen MR) is 133 cm³/mol. The first-order valence-corrected chi connectivity index (χ1v) is 11.5. The van der Waals surface area contributed by atoms with Crippen LogP contribution in [0.4, 0.5) is 11.6 Å². The molecule has 1 saturated carbocycles. The van der Waals surface area contributed by atoms with Crippen LogP contribution in [0.1, 0.15) is 37.6 Å². The van der Waals surface area contributed by atoms with Gasteiger partial charge in [0.2, 0.25) is 0 Å². The number of aromatic nitrogens is 6. The van der Waals surface area contributed by atoms with E-state index in [-0.39, 0.29) is 17.6 Å². The van der Waals surface area contributed by atoms with Crippen molar-refractivity contribution in [1.29, 1.82) is 0 Å². The summed E-state index contributed by atoms with van der Waals surface area (Å²) in [6, 6.07) is 3.97. The van der Waals surface area contributed by atoms with Crippen LogP contribution in [0.5, 0.6) is 0 Å². The minimum Gasteiger partial charge on any atom is -0.382 e. The quantitative estimate of drug-likeness (QED) is 0.413. The molecular weight excluding hydrogens is 430 g/mol. The van der Waals surface area contributed by atoms with Crippen molar-refractivity contribution in [2.75, 3.05) is 11.1 Å². The molecular formula is C24H29N9O. The summed E-state index contributed by atoms with van der Waals surface area (Å²) in [4.78, 5) is 26.4. The van der Waals surface area contributed by atoms with Gasteiger partial charge < -0.3 is 21.4 Å². The van der Waals surface area contributed by atoms with Crippen molar-refractivity contribution < 1.29 is 0 Å². The Hall–Kier alpha value is -3.79. The molecule has 10 heteroatoms. The van der Waals surface area contributed by atoms with Crippen LogP contribution >= 0.6 is 0 Å². The highest BCUT2D eigenvalue weighted by molar-refractivity contribution is 5.96. The van der Waals surface area contributed by atoms with Gasteiger partial charge in [0.15, 0.2) is 5.82 Å². The molecule has 1 aliphatic rings. The highest BCUT2D eigenvalue weighted by Gasteiger charge is 2.24. The summed E-state index contributed by atoms with van der Waals surface area (Å²) < 4.78 is 3.27. The van der Waals surface area contributed by atoms with Gasteiger partial charge in [0.05, 0.1) is 17.6 Å². The summed E-state index contributed by atoms with van der Waals surface area (Å²) in [6.45, 7) is 3.93. The van der Waals surface area contributed by atoms with Gasteiger partial charge in [0.25, 0.3) is 5.56 Å². The van der Waals surface area contributed by atoms with Crippen LogP contribution in [-0.4, -0.2) is 41.4 Å². The summed E-state index contributed by atoms with van der Waals surface area (Å²) in [5, 5.41) is 8.04. The lowest BCUT2D eigenvalue weighted by molar-refractivity contribution is 0.686. The molecule has 0 aromatic carbocycles. The van der Waals surface area contributed by atoms with Crippen molar-refractivity contribution in [3.8, 4) is 16.8 Å². The Morgan fingerprint density at radius 3 is 2.71 bits per heavy atom. The van der Waals surface area contributed by atoms with Gasteiger partial charge in [-0.3, -0.25) is 4.79 Å². The van der Waals surface area contributed by atoms with Crippen LogP contribution in [0.3, 0.4) is 0 Å². The zero-order valence-corrected chi connectivity index (χ0v) is 19.6. The van der Waals surface area contributed by atoms with Crippen LogP contribution < -0.4 is 22.3 Å². The topological polar surface area (TPSA) is 143 Å². The Kier molecular flexibility index (Phi) is 5.52. The summed E-state index contributed by atoms with van der Waals surface area (Å²) in [5.41, 5.74) is 17.4. The third kappa shape index (κ3) is 3.90. The van der Waals surface area contributed by atoms with Gasteiger partial charge >= 0.3 is 0 Å². The van der Waals surface area contributed by atoms with Crippen LogP contribution in [0, 0.1) is 6.92 Å². The molecule has 10 nitrogen and oxygen atoms in total. The predicted octanol–water partition coefficient (Wildman–Crippen LogP) is 2.32. The summed E-state index contributed by atoms with van der Waals surface area (Å²) >= 11 is 0. The van der Waals surface area contributed by atoms with E-state index < -0.39 is 0 Å². The number of hydrogen-bond donors (Lipinski definition) is 3. The van der Waals surface area contributed by atoms with Crippen molar-refractivity contribution in [2.24, 2.45) is 12.8 Å². The molecule has 1 fully saturated rings. The molecule has 0 amide bonds. The van der Waals surface area contributed by atoms with E-state index in [2.05, 4.69) is 15.4 Å². The van der Waals surface area contributed by atoms with Gasteiger partial charge in [-0.25, -0.2) is 19.6 Å². The van der Waals surface area contributed by atoms with E-state index in [0.717, 1.165) is 47.6 Å². The van der Waals surface area contributed by atoms with Crippen LogP contribution in [0.25, 0.3) is 27.8 Å². The van der Waals surface area contributed by atoms with Crippen LogP contribution in [0.2, 0.25) is 0 Å². The molecule has 0 unspecified atom stereocenters. The van der Waals surface area contributed by atoms with E-state index in [9.17, 15) is 4.79 Å². The maximum atomic E-state index is 12.2. The standard InChI is InChI=1S/C24H29N9O/c1-4-19-24(29-16-6-5-15(25)8-16)31-21-18(11-27-23(26)22(21)30-19)14-10-28-33(12-14)17-7-13(2)32(3)20(34)9-17/h7,9-12,15-16H,4-6,8,25H2,1-3H3,(H2,26,27)(H,29,31)/t15-,16+/m0/s1. The van der Waals surface area contributed by atoms with Crippen molar-refractivity contribution in [2.45, 2.75) is 51.6 Å². The molecule has 5 rings (SSSR count). The molecule has 4 heterocycles. The first kappa shape index (κ1) is 22.0. The molecule has 4 aromatic rings. The Morgan fingerprint density at radius 1 is 1.18 bits per heavy atom. The van der Waals surface area contributed by atoms with Crippen molar-refractivity contribution in [3.05, 3.63) is 52.5 Å². The number of pyridine rings is 2. The number of fused-ring (bicyclic) bond motifs is 1. The van der Waals surface area contributed by atoms with E-state index >= 15 is 0 Å². The van der Waals surface area contributed by atoms with Crippen molar-refractivity contribution in [1.82, 2.24) is 29.3 Å². The average molecular weight is 460 g/mol. The lowest BCUT2D eigenvalue weighted by Gasteiger charge is -2.17. The fourth-order valence-corrected chi connectivity index (χ4v) is 4.49. The summed E-state index contributed by atoms with van der Waals surface area (Å²) in [6.07, 6.45) is 8.94. The number of aryl methyl sites for hydroxylation is 2. The number of nitrogens with one attached hydrogen (secondary N) is 1. The fraction of sp³-hybridized carbons (Fsp3) is 0.375. The Balaban J connectivity index is 1.59. The van der Waals surface area contributed by atoms with Gasteiger partial charge in [-0.1, -0.05) is 6.92 Å². The maximum Gasteiger partial charge on any atom is 0.252 e. The Morgan fingerprint density at radius 2 is 2.00 bits per heavy atom. The zero-order chi connectivity index (χ0) is 24.0. The van der Waals surface area contributed by atoms with E-state index in [4.69, 9.17) is 21.4 Å². The highest BCUT2D eigenvalue weighted by atomic mass is 16.1. The lowest BCUT2D eigenvalue weighted by Crippen LogP contribution is -2.22. The molecule has 0 bridgehead atoms. The zero-order valence-electron chi connectivity index (χ0n) is 19.6. The van der Waals surface area contributed by atoms with E-state index in [0.29, 0.717) is 29.0 Å². The number of rotatable bonds is 5. The van der Waals surface area contributed by atoms with Gasteiger partial charge in [-0.05, 0) is 38.7 Å². The van der Waals surface area contributed by atoms with E-state index in [1.807, 2.05) is 26.1 Å². The molecule has 34 heavy (non-hydrogen) atoms. The average Bonchev–Trinajstić information content (AvgIpc) is 3.46. The lowest BCUT2D eigenvalue weighted by atomic mass is 10.1. The van der Waals surface area contributed by atoms with Crippen LogP contribution in [0.15, 0.2) is 35.5 Å². The molecule has 0 spiro atoms. The minimum atomic E-state index is -0.0908. The molecule has 2 atom stereocenters. The molecule has 5 N–H and O–H groups in total. The smallest absolute Gasteiger partial charge is 0.252 e. The number of nitrogens with two attached hydrogens (primary N) is 2. The normalized spacial score (nSPS) is 18.0. The molecule has 176 valence electrons. The molecule has 0 aliphatic heterocycles. The second kappa shape index (κ2) is 8.53. The number of nitrogen functional groups attached to an aromatic ring is 1. The third-order valence-corrected chi connectivity index (χ3v) is 6.59. The fourth-order valence-electron chi connectivity index (χ4n) is 4.49. The van der Waals surface area contributed by atoms with Gasteiger partial charge in [-0.15, -0.1) is 0 Å². The molecule has 0 saturated heterocycles. The second-order valence-corrected chi connectivity index (χ2v) is 8.97.